The SMILES string of the molecule is CCOC(=O)c1cnc(Cl)nc1NC1(C)C=CC(C)(C#N)CC1. The number of aromatic nitrogens is 2. The van der Waals surface area contributed by atoms with Crippen molar-refractivity contribution < 1.29 is 9.53 Å². The van der Waals surface area contributed by atoms with Crippen molar-refractivity contribution in [2.45, 2.75) is 39.2 Å². The molecule has 1 N–H and O–H groups in total. The predicted octanol–water partition coefficient (Wildman–Crippen LogP) is 3.36. The van der Waals surface area contributed by atoms with Gasteiger partial charge >= 0.3 is 5.97 Å². The fourth-order valence-electron chi connectivity index (χ4n) is 2.34. The topological polar surface area (TPSA) is 87.9 Å². The first-order chi connectivity index (χ1) is 10.8. The number of halogens is 1. The van der Waals surface area contributed by atoms with E-state index >= 15 is 0 Å². The molecule has 6 nitrogen and oxygen atoms in total. The molecular formula is C16H19ClN4O2. The first-order valence-corrected chi connectivity index (χ1v) is 7.78. The summed E-state index contributed by atoms with van der Waals surface area (Å²) >= 11 is 5.85. The number of carbonyl (C=O) groups excluding carboxylic acids is 1. The average Bonchev–Trinajstić information content (AvgIpc) is 2.51. The van der Waals surface area contributed by atoms with Gasteiger partial charge in [0.25, 0.3) is 0 Å². The van der Waals surface area contributed by atoms with Crippen molar-refractivity contribution in [2.75, 3.05) is 11.9 Å². The van der Waals surface area contributed by atoms with Crippen LogP contribution in [0.3, 0.4) is 0 Å². The van der Waals surface area contributed by atoms with Crippen molar-refractivity contribution >= 4 is 23.4 Å². The molecule has 2 rings (SSSR count). The zero-order valence-corrected chi connectivity index (χ0v) is 14.1. The fraction of sp³-hybridized carbons (Fsp3) is 0.500. The van der Waals surface area contributed by atoms with E-state index in [4.69, 9.17) is 16.3 Å². The van der Waals surface area contributed by atoms with Gasteiger partial charge in [-0.25, -0.2) is 9.78 Å². The van der Waals surface area contributed by atoms with Gasteiger partial charge in [0.1, 0.15) is 11.4 Å². The Morgan fingerprint density at radius 1 is 1.48 bits per heavy atom. The molecule has 0 radical (unpaired) electrons. The Labute approximate surface area is 140 Å². The van der Waals surface area contributed by atoms with Crippen LogP contribution in [-0.2, 0) is 4.74 Å². The normalized spacial score (nSPS) is 26.4. The lowest BCUT2D eigenvalue weighted by molar-refractivity contribution is 0.0526. The molecule has 1 aromatic rings. The van der Waals surface area contributed by atoms with Crippen LogP contribution < -0.4 is 5.32 Å². The fourth-order valence-corrected chi connectivity index (χ4v) is 2.47. The predicted molar refractivity (Wildman–Crippen MR) is 87.1 cm³/mol. The van der Waals surface area contributed by atoms with Gasteiger partial charge in [0.05, 0.1) is 23.6 Å². The quantitative estimate of drug-likeness (QED) is 0.516. The van der Waals surface area contributed by atoms with Crippen molar-refractivity contribution in [1.29, 1.82) is 5.26 Å². The molecule has 0 aromatic carbocycles. The molecule has 1 aliphatic carbocycles. The summed E-state index contributed by atoms with van der Waals surface area (Å²) in [4.78, 5) is 20.0. The number of hydrogen-bond donors (Lipinski definition) is 1. The molecule has 2 unspecified atom stereocenters. The van der Waals surface area contributed by atoms with E-state index in [9.17, 15) is 10.1 Å². The highest BCUT2D eigenvalue weighted by Crippen LogP contribution is 2.36. The van der Waals surface area contributed by atoms with Crippen LogP contribution in [0.5, 0.6) is 0 Å². The zero-order chi connectivity index (χ0) is 17.1. The summed E-state index contributed by atoms with van der Waals surface area (Å²) in [6.07, 6.45) is 6.60. The maximum absolute atomic E-state index is 12.0. The summed E-state index contributed by atoms with van der Waals surface area (Å²) in [5.41, 5.74) is -0.663. The minimum Gasteiger partial charge on any atom is -0.462 e. The third-order valence-electron chi connectivity index (χ3n) is 3.90. The van der Waals surface area contributed by atoms with Gasteiger partial charge in [0, 0.05) is 6.20 Å². The van der Waals surface area contributed by atoms with Crippen molar-refractivity contribution in [1.82, 2.24) is 9.97 Å². The molecule has 0 saturated heterocycles. The number of hydrogen-bond acceptors (Lipinski definition) is 6. The average molecular weight is 335 g/mol. The Kier molecular flexibility index (Phi) is 4.90. The summed E-state index contributed by atoms with van der Waals surface area (Å²) in [7, 11) is 0. The van der Waals surface area contributed by atoms with E-state index in [1.54, 1.807) is 6.92 Å². The van der Waals surface area contributed by atoms with Gasteiger partial charge in [-0.15, -0.1) is 0 Å². The molecule has 0 bridgehead atoms. The van der Waals surface area contributed by atoms with Crippen LogP contribution in [-0.4, -0.2) is 28.1 Å². The zero-order valence-electron chi connectivity index (χ0n) is 13.4. The van der Waals surface area contributed by atoms with Gasteiger partial charge in [-0.3, -0.25) is 0 Å². The molecule has 1 heterocycles. The Hall–Kier alpha value is -2.13. The summed E-state index contributed by atoms with van der Waals surface area (Å²) in [6.45, 7) is 5.87. The van der Waals surface area contributed by atoms with E-state index in [-0.39, 0.29) is 17.5 Å². The molecule has 23 heavy (non-hydrogen) atoms. The van der Waals surface area contributed by atoms with Crippen LogP contribution in [0.2, 0.25) is 5.28 Å². The highest BCUT2D eigenvalue weighted by atomic mass is 35.5. The van der Waals surface area contributed by atoms with Crippen LogP contribution in [0.15, 0.2) is 18.3 Å². The highest BCUT2D eigenvalue weighted by molar-refractivity contribution is 6.28. The molecule has 0 amide bonds. The van der Waals surface area contributed by atoms with E-state index in [1.165, 1.54) is 6.20 Å². The lowest BCUT2D eigenvalue weighted by Gasteiger charge is -2.35. The first kappa shape index (κ1) is 17.2. The van der Waals surface area contributed by atoms with Crippen LogP contribution in [0, 0.1) is 16.7 Å². The number of nitrogens with zero attached hydrogens (tertiary/aromatic N) is 3. The van der Waals surface area contributed by atoms with Gasteiger partial charge < -0.3 is 10.1 Å². The molecule has 7 heteroatoms. The van der Waals surface area contributed by atoms with E-state index in [0.717, 1.165) is 6.42 Å². The maximum Gasteiger partial charge on any atom is 0.343 e. The number of rotatable bonds is 4. The third kappa shape index (κ3) is 3.99. The lowest BCUT2D eigenvalue weighted by Crippen LogP contribution is -2.38. The Morgan fingerprint density at radius 2 is 2.22 bits per heavy atom. The second-order valence-corrected chi connectivity index (χ2v) is 6.36. The smallest absolute Gasteiger partial charge is 0.343 e. The molecule has 0 saturated carbocycles. The molecular weight excluding hydrogens is 316 g/mol. The van der Waals surface area contributed by atoms with Crippen LogP contribution in [0.1, 0.15) is 44.0 Å². The Balaban J connectivity index is 2.30. The van der Waals surface area contributed by atoms with Gasteiger partial charge in [-0.1, -0.05) is 12.2 Å². The number of nitrogens with one attached hydrogen (secondary N) is 1. The number of carbonyl (C=O) groups is 1. The third-order valence-corrected chi connectivity index (χ3v) is 4.08. The number of anilines is 1. The molecule has 2 atom stereocenters. The molecule has 0 aliphatic heterocycles. The van der Waals surface area contributed by atoms with Gasteiger partial charge in [0.15, 0.2) is 0 Å². The molecule has 1 aromatic heterocycles. The second kappa shape index (κ2) is 6.55. The summed E-state index contributed by atoms with van der Waals surface area (Å²) in [5, 5.41) is 12.5. The van der Waals surface area contributed by atoms with Gasteiger partial charge in [0.2, 0.25) is 5.28 Å². The van der Waals surface area contributed by atoms with Gasteiger partial charge in [-0.05, 0) is 45.2 Å². The lowest BCUT2D eigenvalue weighted by atomic mass is 9.75. The number of ether oxygens (including phenoxy) is 1. The Morgan fingerprint density at radius 3 is 2.78 bits per heavy atom. The van der Waals surface area contributed by atoms with E-state index in [2.05, 4.69) is 21.4 Å². The summed E-state index contributed by atoms with van der Waals surface area (Å²) < 4.78 is 5.02. The minimum atomic E-state index is -0.503. The first-order valence-electron chi connectivity index (χ1n) is 7.40. The van der Waals surface area contributed by atoms with Crippen LogP contribution in [0.25, 0.3) is 0 Å². The van der Waals surface area contributed by atoms with Crippen LogP contribution in [0.4, 0.5) is 5.82 Å². The van der Waals surface area contributed by atoms with Crippen molar-refractivity contribution in [3.05, 3.63) is 29.2 Å². The summed E-state index contributed by atoms with van der Waals surface area (Å²) in [6, 6.07) is 2.30. The molecule has 1 aliphatic rings. The number of allylic oxidation sites excluding steroid dienone is 1. The molecule has 122 valence electrons. The second-order valence-electron chi connectivity index (χ2n) is 6.03. The van der Waals surface area contributed by atoms with Crippen molar-refractivity contribution in [3.63, 3.8) is 0 Å². The van der Waals surface area contributed by atoms with E-state index in [0.29, 0.717) is 12.2 Å². The van der Waals surface area contributed by atoms with E-state index < -0.39 is 16.9 Å². The van der Waals surface area contributed by atoms with E-state index in [1.807, 2.05) is 26.0 Å². The summed E-state index contributed by atoms with van der Waals surface area (Å²) in [5.74, 6) is -0.173. The minimum absolute atomic E-state index is 0.0470. The molecule has 0 spiro atoms. The van der Waals surface area contributed by atoms with Gasteiger partial charge in [-0.2, -0.15) is 10.2 Å². The van der Waals surface area contributed by atoms with Crippen molar-refractivity contribution in [2.24, 2.45) is 5.41 Å². The monoisotopic (exact) mass is 334 g/mol. The van der Waals surface area contributed by atoms with Crippen molar-refractivity contribution in [3.8, 4) is 6.07 Å². The molecule has 0 fully saturated rings. The van der Waals surface area contributed by atoms with Crippen LogP contribution >= 0.6 is 11.6 Å². The number of esters is 1. The highest BCUT2D eigenvalue weighted by Gasteiger charge is 2.34. The standard InChI is InChI=1S/C16H19ClN4O2/c1-4-23-13(22)11-9-19-14(17)20-12(11)21-16(3)7-5-15(2,10-18)6-8-16/h5,7,9H,4,6,8H2,1-3H3,(H,19,20,21). The maximum atomic E-state index is 12.0. The largest absolute Gasteiger partial charge is 0.462 e. The Bertz CT molecular complexity index is 685. The number of nitriles is 1.